The molecule has 0 radical (unpaired) electrons. The quantitative estimate of drug-likeness (QED) is 0.402. The topological polar surface area (TPSA) is 60.5 Å². The lowest BCUT2D eigenvalue weighted by molar-refractivity contribution is -0.164. The van der Waals surface area contributed by atoms with Crippen molar-refractivity contribution >= 4 is 5.91 Å². The number of morpholine rings is 1. The molecule has 7 nitrogen and oxygen atoms in total. The maximum atomic E-state index is 14.2. The molecule has 2 aromatic rings. The number of benzene rings is 2. The van der Waals surface area contributed by atoms with Crippen LogP contribution in [0.25, 0.3) is 0 Å². The predicted molar refractivity (Wildman–Crippen MR) is 121 cm³/mol. The molecule has 0 saturated carbocycles. The maximum Gasteiger partial charge on any atom is 0.266 e. The monoisotopic (exact) mass is 458 g/mol. The first-order chi connectivity index (χ1) is 16.1. The van der Waals surface area contributed by atoms with Crippen LogP contribution in [0.4, 0.5) is 4.39 Å². The summed E-state index contributed by atoms with van der Waals surface area (Å²) < 4.78 is 36.6. The molecule has 2 atom stereocenters. The van der Waals surface area contributed by atoms with Crippen molar-refractivity contribution in [2.24, 2.45) is 0 Å². The van der Waals surface area contributed by atoms with Crippen LogP contribution < -0.4 is 14.2 Å². The standard InChI is InChI=1S/C25H31FN2O5/c1-30-21-11-7-8-18(23(21)31-2)22-24(33-20-10-4-3-9-19(20)26)25(29)28(22)13-6-5-12-27-14-16-32-17-15-27/h3-4,7-11,22,24H,5-6,12-17H2,1-2H3/t22-,24+/m1/s1. The van der Waals surface area contributed by atoms with Crippen LogP contribution in [0.2, 0.25) is 0 Å². The zero-order valence-corrected chi connectivity index (χ0v) is 19.2. The molecule has 1 amide bonds. The number of carbonyl (C=O) groups excluding carboxylic acids is 1. The van der Waals surface area contributed by atoms with Gasteiger partial charge in [0.2, 0.25) is 6.10 Å². The second kappa shape index (κ2) is 10.9. The number of β-lactam (4-membered cyclic amide) rings is 1. The number of rotatable bonds is 10. The predicted octanol–water partition coefficient (Wildman–Crippen LogP) is 3.29. The minimum Gasteiger partial charge on any atom is -0.493 e. The van der Waals surface area contributed by atoms with Gasteiger partial charge in [-0.1, -0.05) is 24.3 Å². The Balaban J connectivity index is 1.50. The molecule has 0 unspecified atom stereocenters. The zero-order valence-electron chi connectivity index (χ0n) is 19.2. The van der Waals surface area contributed by atoms with Crippen LogP contribution in [0.5, 0.6) is 17.2 Å². The number of para-hydroxylation sites is 2. The number of hydrogen-bond donors (Lipinski definition) is 0. The van der Waals surface area contributed by atoms with Crippen molar-refractivity contribution in [1.29, 1.82) is 0 Å². The van der Waals surface area contributed by atoms with E-state index in [1.54, 1.807) is 31.3 Å². The van der Waals surface area contributed by atoms with E-state index in [1.165, 1.54) is 12.1 Å². The molecule has 0 aliphatic carbocycles. The van der Waals surface area contributed by atoms with Gasteiger partial charge in [0.15, 0.2) is 23.1 Å². The largest absolute Gasteiger partial charge is 0.493 e. The van der Waals surface area contributed by atoms with Gasteiger partial charge in [-0.05, 0) is 37.6 Å². The molecule has 2 aliphatic heterocycles. The molecular formula is C25H31FN2O5. The number of methoxy groups -OCH3 is 2. The third-order valence-electron chi connectivity index (χ3n) is 6.22. The Morgan fingerprint density at radius 2 is 1.70 bits per heavy atom. The van der Waals surface area contributed by atoms with E-state index in [0.717, 1.165) is 51.3 Å². The molecule has 2 saturated heterocycles. The number of likely N-dealkylation sites (tertiary alicyclic amines) is 1. The van der Waals surface area contributed by atoms with E-state index in [-0.39, 0.29) is 11.7 Å². The lowest BCUT2D eigenvalue weighted by Crippen LogP contribution is -2.61. The Bertz CT molecular complexity index is 950. The number of halogens is 1. The first-order valence-electron chi connectivity index (χ1n) is 11.4. The lowest BCUT2D eigenvalue weighted by atomic mass is 9.89. The minimum atomic E-state index is -0.831. The van der Waals surface area contributed by atoms with Crippen LogP contribution in [0.1, 0.15) is 24.4 Å². The summed E-state index contributed by atoms with van der Waals surface area (Å²) >= 11 is 0. The molecule has 0 bridgehead atoms. The van der Waals surface area contributed by atoms with E-state index in [9.17, 15) is 9.18 Å². The number of hydrogen-bond acceptors (Lipinski definition) is 6. The van der Waals surface area contributed by atoms with Gasteiger partial charge in [-0.3, -0.25) is 9.69 Å². The van der Waals surface area contributed by atoms with Crippen LogP contribution in [0.3, 0.4) is 0 Å². The van der Waals surface area contributed by atoms with E-state index in [4.69, 9.17) is 18.9 Å². The fraction of sp³-hybridized carbons (Fsp3) is 0.480. The van der Waals surface area contributed by atoms with E-state index in [0.29, 0.717) is 18.0 Å². The summed E-state index contributed by atoms with van der Waals surface area (Å²) in [6.07, 6.45) is 1.00. The van der Waals surface area contributed by atoms with Crippen molar-refractivity contribution in [3.05, 3.63) is 53.8 Å². The van der Waals surface area contributed by atoms with Crippen LogP contribution in [-0.2, 0) is 9.53 Å². The second-order valence-corrected chi connectivity index (χ2v) is 8.19. The molecule has 0 spiro atoms. The van der Waals surface area contributed by atoms with E-state index >= 15 is 0 Å². The van der Waals surface area contributed by atoms with Crippen molar-refractivity contribution < 1.29 is 28.1 Å². The van der Waals surface area contributed by atoms with Gasteiger partial charge in [-0.25, -0.2) is 4.39 Å². The Morgan fingerprint density at radius 1 is 0.970 bits per heavy atom. The molecule has 2 aliphatic rings. The smallest absolute Gasteiger partial charge is 0.266 e. The first-order valence-corrected chi connectivity index (χ1v) is 11.4. The normalized spacial score (nSPS) is 20.9. The Morgan fingerprint density at radius 3 is 2.42 bits per heavy atom. The summed E-state index contributed by atoms with van der Waals surface area (Å²) in [5.74, 6) is 0.545. The molecule has 178 valence electrons. The van der Waals surface area contributed by atoms with Gasteiger partial charge in [-0.15, -0.1) is 0 Å². The fourth-order valence-corrected chi connectivity index (χ4v) is 4.48. The van der Waals surface area contributed by atoms with Crippen molar-refractivity contribution in [3.8, 4) is 17.2 Å². The van der Waals surface area contributed by atoms with Crippen LogP contribution in [0, 0.1) is 5.82 Å². The van der Waals surface area contributed by atoms with Gasteiger partial charge >= 0.3 is 0 Å². The highest BCUT2D eigenvalue weighted by atomic mass is 19.1. The Labute approximate surface area is 194 Å². The third-order valence-corrected chi connectivity index (χ3v) is 6.22. The molecule has 0 aromatic heterocycles. The van der Waals surface area contributed by atoms with E-state index in [2.05, 4.69) is 4.90 Å². The highest BCUT2D eigenvalue weighted by Gasteiger charge is 2.51. The van der Waals surface area contributed by atoms with Gasteiger partial charge in [0.25, 0.3) is 5.91 Å². The fourth-order valence-electron chi connectivity index (χ4n) is 4.48. The summed E-state index contributed by atoms with van der Waals surface area (Å²) in [6, 6.07) is 11.3. The zero-order chi connectivity index (χ0) is 23.2. The Hall–Kier alpha value is -2.84. The third kappa shape index (κ3) is 5.07. The van der Waals surface area contributed by atoms with Crippen molar-refractivity contribution in [2.75, 3.05) is 53.6 Å². The molecular weight excluding hydrogens is 427 g/mol. The van der Waals surface area contributed by atoms with Gasteiger partial charge < -0.3 is 23.8 Å². The van der Waals surface area contributed by atoms with Crippen LogP contribution in [-0.4, -0.2) is 75.4 Å². The average Bonchev–Trinajstić information content (AvgIpc) is 2.85. The van der Waals surface area contributed by atoms with Gasteiger partial charge in [0, 0.05) is 25.2 Å². The molecule has 8 heteroatoms. The lowest BCUT2D eigenvalue weighted by Gasteiger charge is -2.47. The number of ether oxygens (including phenoxy) is 4. The van der Waals surface area contributed by atoms with Gasteiger partial charge in [-0.2, -0.15) is 0 Å². The average molecular weight is 459 g/mol. The SMILES string of the molecule is COc1cccc([C@@H]2[C@H](Oc3ccccc3F)C(=O)N2CCCCN2CCOCC2)c1OC. The maximum absolute atomic E-state index is 14.2. The molecule has 2 aromatic carbocycles. The summed E-state index contributed by atoms with van der Waals surface area (Å²) in [6.45, 7) is 5.02. The van der Waals surface area contributed by atoms with Gasteiger partial charge in [0.1, 0.15) is 6.04 Å². The Kier molecular flexibility index (Phi) is 7.67. The van der Waals surface area contributed by atoms with Crippen molar-refractivity contribution in [3.63, 3.8) is 0 Å². The molecule has 4 rings (SSSR count). The highest BCUT2D eigenvalue weighted by molar-refractivity contribution is 5.89. The summed E-state index contributed by atoms with van der Waals surface area (Å²) in [5.41, 5.74) is 0.783. The minimum absolute atomic E-state index is 0.0645. The molecule has 2 fully saturated rings. The van der Waals surface area contributed by atoms with Crippen LogP contribution >= 0.6 is 0 Å². The molecule has 33 heavy (non-hydrogen) atoms. The molecule has 0 N–H and O–H groups in total. The van der Waals surface area contributed by atoms with E-state index < -0.39 is 18.0 Å². The first kappa shape index (κ1) is 23.3. The number of carbonyl (C=O) groups is 1. The van der Waals surface area contributed by atoms with Crippen molar-refractivity contribution in [1.82, 2.24) is 9.80 Å². The second-order valence-electron chi connectivity index (χ2n) is 8.19. The van der Waals surface area contributed by atoms with Gasteiger partial charge in [0.05, 0.1) is 27.4 Å². The molecule has 2 heterocycles. The van der Waals surface area contributed by atoms with Crippen molar-refractivity contribution in [2.45, 2.75) is 25.0 Å². The number of amides is 1. The summed E-state index contributed by atoms with van der Waals surface area (Å²) in [7, 11) is 3.14. The summed E-state index contributed by atoms with van der Waals surface area (Å²) in [5, 5.41) is 0. The number of unbranched alkanes of at least 4 members (excludes halogenated alkanes) is 1. The number of nitrogens with zero attached hydrogens (tertiary/aromatic N) is 2. The summed E-state index contributed by atoms with van der Waals surface area (Å²) in [4.78, 5) is 17.3. The van der Waals surface area contributed by atoms with Crippen LogP contribution in [0.15, 0.2) is 42.5 Å². The van der Waals surface area contributed by atoms with E-state index in [1.807, 2.05) is 18.2 Å². The highest BCUT2D eigenvalue weighted by Crippen LogP contribution is 2.45.